The summed E-state index contributed by atoms with van der Waals surface area (Å²) >= 11 is 0. The van der Waals surface area contributed by atoms with Gasteiger partial charge >= 0.3 is 0 Å². The van der Waals surface area contributed by atoms with E-state index in [0.29, 0.717) is 51.4 Å². The van der Waals surface area contributed by atoms with Crippen LogP contribution in [-0.4, -0.2) is 28.5 Å². The SMILES string of the molecule is CC(C)(CCC#N)c1cc(CCCO)cc(Cc2cc(CCCO)cc3c2OC3(C)CCC#N)c1O. The van der Waals surface area contributed by atoms with Crippen LogP contribution in [0.1, 0.15) is 92.7 Å². The number of aromatic hydroxyl groups is 1. The summed E-state index contributed by atoms with van der Waals surface area (Å²) in [6, 6.07) is 12.7. The number of fused-ring (bicyclic) bond motifs is 1. The van der Waals surface area contributed by atoms with Crippen LogP contribution in [-0.2, 0) is 30.3 Å². The quantitative estimate of drug-likeness (QED) is 0.349. The summed E-state index contributed by atoms with van der Waals surface area (Å²) in [7, 11) is 0. The maximum absolute atomic E-state index is 11.4. The minimum Gasteiger partial charge on any atom is -0.507 e. The molecule has 1 unspecified atom stereocenters. The molecule has 1 atom stereocenters. The van der Waals surface area contributed by atoms with Gasteiger partial charge in [-0.25, -0.2) is 0 Å². The normalized spacial score (nSPS) is 16.4. The molecule has 0 fully saturated rings. The van der Waals surface area contributed by atoms with Crippen molar-refractivity contribution in [3.05, 3.63) is 57.6 Å². The summed E-state index contributed by atoms with van der Waals surface area (Å²) in [6.45, 7) is 6.31. The Morgan fingerprint density at radius 2 is 1.53 bits per heavy atom. The summed E-state index contributed by atoms with van der Waals surface area (Å²) in [5, 5.41) is 48.4. The third-order valence-electron chi connectivity index (χ3n) is 7.30. The van der Waals surface area contributed by atoms with Crippen LogP contribution in [0.4, 0.5) is 0 Å². The molecule has 0 aromatic heterocycles. The van der Waals surface area contributed by atoms with Crippen LogP contribution in [0, 0.1) is 22.7 Å². The molecule has 0 radical (unpaired) electrons. The van der Waals surface area contributed by atoms with Gasteiger partial charge in [0.15, 0.2) is 0 Å². The molecule has 192 valence electrons. The van der Waals surface area contributed by atoms with E-state index in [1.165, 1.54) is 0 Å². The van der Waals surface area contributed by atoms with E-state index in [4.69, 9.17) is 15.3 Å². The fourth-order valence-corrected chi connectivity index (χ4v) is 5.09. The van der Waals surface area contributed by atoms with Gasteiger partial charge in [-0.15, -0.1) is 0 Å². The molecular formula is C30H38N2O4. The summed E-state index contributed by atoms with van der Waals surface area (Å²) in [4.78, 5) is 0. The van der Waals surface area contributed by atoms with Gasteiger partial charge in [-0.2, -0.15) is 10.5 Å². The molecule has 1 aliphatic heterocycles. The van der Waals surface area contributed by atoms with E-state index < -0.39 is 5.60 Å². The van der Waals surface area contributed by atoms with E-state index in [-0.39, 0.29) is 24.4 Å². The monoisotopic (exact) mass is 490 g/mol. The molecule has 0 spiro atoms. The van der Waals surface area contributed by atoms with E-state index >= 15 is 0 Å². The topological polar surface area (TPSA) is 118 Å². The number of hydrogen-bond donors (Lipinski definition) is 3. The van der Waals surface area contributed by atoms with E-state index in [1.807, 2.05) is 32.9 Å². The maximum atomic E-state index is 11.4. The third kappa shape index (κ3) is 6.01. The number of ether oxygens (including phenoxy) is 1. The number of aliphatic hydroxyl groups excluding tert-OH is 2. The summed E-state index contributed by atoms with van der Waals surface area (Å²) in [6.07, 6.45) is 5.25. The van der Waals surface area contributed by atoms with E-state index in [2.05, 4.69) is 24.3 Å². The lowest BCUT2D eigenvalue weighted by Gasteiger charge is -2.43. The number of aliphatic hydroxyl groups is 2. The van der Waals surface area contributed by atoms with Gasteiger partial charge in [0.2, 0.25) is 0 Å². The third-order valence-corrected chi connectivity index (χ3v) is 7.30. The molecule has 0 aliphatic carbocycles. The van der Waals surface area contributed by atoms with Gasteiger partial charge in [0, 0.05) is 50.0 Å². The molecule has 6 nitrogen and oxygen atoms in total. The number of aryl methyl sites for hydroxylation is 2. The molecule has 0 amide bonds. The Bertz CT molecular complexity index is 1160. The molecule has 6 heteroatoms. The van der Waals surface area contributed by atoms with Gasteiger partial charge in [0.1, 0.15) is 17.1 Å². The average molecular weight is 491 g/mol. The minimum atomic E-state index is -0.509. The van der Waals surface area contributed by atoms with Gasteiger partial charge in [-0.3, -0.25) is 0 Å². The Morgan fingerprint density at radius 3 is 2.14 bits per heavy atom. The highest BCUT2D eigenvalue weighted by molar-refractivity contribution is 5.57. The van der Waals surface area contributed by atoms with Crippen LogP contribution in [0.2, 0.25) is 0 Å². The van der Waals surface area contributed by atoms with Gasteiger partial charge in [0.05, 0.1) is 12.1 Å². The van der Waals surface area contributed by atoms with Crippen molar-refractivity contribution in [3.63, 3.8) is 0 Å². The Kier molecular flexibility index (Phi) is 9.01. The number of rotatable bonds is 13. The fourth-order valence-electron chi connectivity index (χ4n) is 5.09. The highest BCUT2D eigenvalue weighted by Crippen LogP contribution is 2.50. The number of hydrogen-bond acceptors (Lipinski definition) is 6. The van der Waals surface area contributed by atoms with Crippen molar-refractivity contribution in [2.45, 2.75) is 89.6 Å². The van der Waals surface area contributed by atoms with Gasteiger partial charge in [-0.05, 0) is 72.8 Å². The fraction of sp³-hybridized carbons (Fsp3) is 0.533. The van der Waals surface area contributed by atoms with Crippen LogP contribution < -0.4 is 4.74 Å². The highest BCUT2D eigenvalue weighted by atomic mass is 16.5. The van der Waals surface area contributed by atoms with Gasteiger partial charge < -0.3 is 20.1 Å². The predicted octanol–water partition coefficient (Wildman–Crippen LogP) is 5.33. The molecule has 1 aliphatic rings. The first-order valence-corrected chi connectivity index (χ1v) is 12.8. The van der Waals surface area contributed by atoms with Crippen LogP contribution >= 0.6 is 0 Å². The number of phenolic OH excluding ortho intramolecular Hbond substituents is 1. The molecule has 2 aromatic rings. The molecule has 3 N–H and O–H groups in total. The van der Waals surface area contributed by atoms with Crippen LogP contribution in [0.25, 0.3) is 0 Å². The van der Waals surface area contributed by atoms with Crippen LogP contribution in [0.15, 0.2) is 24.3 Å². The Labute approximate surface area is 214 Å². The first-order valence-electron chi connectivity index (χ1n) is 12.8. The Hall–Kier alpha value is -3.06. The molecule has 0 saturated heterocycles. The zero-order chi connectivity index (χ0) is 26.3. The molecule has 3 rings (SSSR count). The number of benzene rings is 2. The van der Waals surface area contributed by atoms with E-state index in [1.54, 1.807) is 0 Å². The maximum Gasteiger partial charge on any atom is 0.136 e. The second-order valence-corrected chi connectivity index (χ2v) is 10.6. The first-order chi connectivity index (χ1) is 17.2. The standard InChI is InChI=1S/C30H38N2O4/c1-29(2,10-6-12-31)25-18-21(8-4-14-33)16-23(27(25)35)20-24-17-22(9-5-15-34)19-26-28(24)36-30(26,3)11-7-13-32/h16-19,33-35H,4-11,14-15,20H2,1-3H3. The molecule has 2 aromatic carbocycles. The Morgan fingerprint density at radius 1 is 0.917 bits per heavy atom. The van der Waals surface area contributed by atoms with Crippen molar-refractivity contribution in [2.24, 2.45) is 0 Å². The van der Waals surface area contributed by atoms with Crippen molar-refractivity contribution in [1.29, 1.82) is 10.5 Å². The number of nitrogens with zero attached hydrogens (tertiary/aromatic N) is 2. The number of nitriles is 2. The lowest BCUT2D eigenvalue weighted by molar-refractivity contribution is 0.0231. The molecule has 0 bridgehead atoms. The van der Waals surface area contributed by atoms with Crippen LogP contribution in [0.3, 0.4) is 0 Å². The molecular weight excluding hydrogens is 452 g/mol. The zero-order valence-corrected chi connectivity index (χ0v) is 21.7. The van der Waals surface area contributed by atoms with Crippen molar-refractivity contribution in [3.8, 4) is 23.6 Å². The van der Waals surface area contributed by atoms with Gasteiger partial charge in [0.25, 0.3) is 0 Å². The molecule has 36 heavy (non-hydrogen) atoms. The second-order valence-electron chi connectivity index (χ2n) is 10.6. The Balaban J connectivity index is 2.06. The van der Waals surface area contributed by atoms with Crippen molar-refractivity contribution in [1.82, 2.24) is 0 Å². The average Bonchev–Trinajstić information content (AvgIpc) is 2.85. The second kappa shape index (κ2) is 11.8. The van der Waals surface area contributed by atoms with Crippen molar-refractivity contribution < 1.29 is 20.1 Å². The summed E-state index contributed by atoms with van der Waals surface area (Å²) in [5.74, 6) is 1.06. The highest BCUT2D eigenvalue weighted by Gasteiger charge is 2.42. The predicted molar refractivity (Wildman–Crippen MR) is 139 cm³/mol. The zero-order valence-electron chi connectivity index (χ0n) is 21.7. The molecule has 0 saturated carbocycles. The summed E-state index contributed by atoms with van der Waals surface area (Å²) in [5.41, 5.74) is 4.93. The lowest BCUT2D eigenvalue weighted by Crippen LogP contribution is -2.39. The van der Waals surface area contributed by atoms with Crippen molar-refractivity contribution in [2.75, 3.05) is 13.2 Å². The first kappa shape index (κ1) is 27.5. The lowest BCUT2D eigenvalue weighted by atomic mass is 9.77. The summed E-state index contributed by atoms with van der Waals surface area (Å²) < 4.78 is 6.27. The van der Waals surface area contributed by atoms with E-state index in [9.17, 15) is 15.3 Å². The van der Waals surface area contributed by atoms with Crippen molar-refractivity contribution >= 4 is 0 Å². The smallest absolute Gasteiger partial charge is 0.136 e. The van der Waals surface area contributed by atoms with Gasteiger partial charge in [-0.1, -0.05) is 32.0 Å². The number of phenols is 1. The molecule has 1 heterocycles. The van der Waals surface area contributed by atoms with E-state index in [0.717, 1.165) is 45.6 Å². The largest absolute Gasteiger partial charge is 0.507 e. The minimum absolute atomic E-state index is 0.0961. The van der Waals surface area contributed by atoms with Crippen LogP contribution in [0.5, 0.6) is 11.5 Å².